The second-order valence-corrected chi connectivity index (χ2v) is 14.0. The van der Waals surface area contributed by atoms with Gasteiger partial charge in [0.2, 0.25) is 0 Å². The largest absolute Gasteiger partial charge is 0.417 e. The number of sulfone groups is 2. The fourth-order valence-corrected chi connectivity index (χ4v) is 5.86. The molecule has 0 aliphatic heterocycles. The molecule has 1 aromatic carbocycles. The third kappa shape index (κ3) is 6.61. The third-order valence-corrected chi connectivity index (χ3v) is 10.2. The number of halogens is 6. The molecule has 0 bridgehead atoms. The van der Waals surface area contributed by atoms with Gasteiger partial charge in [0.25, 0.3) is 5.91 Å². The summed E-state index contributed by atoms with van der Waals surface area (Å²) in [7, 11) is -8.71. The molecule has 1 heterocycles. The number of hydrogen-bond donors (Lipinski definition) is 1. The second kappa shape index (κ2) is 10.2. The molecule has 1 N–H and O–H groups in total. The van der Waals surface area contributed by atoms with Gasteiger partial charge in [-0.3, -0.25) is 4.79 Å². The first-order valence-corrected chi connectivity index (χ1v) is 13.7. The smallest absolute Gasteiger partial charge is 0.351 e. The average molecular weight is 575 g/mol. The lowest BCUT2D eigenvalue weighted by Crippen LogP contribution is -2.37. The molecule has 0 saturated carbocycles. The molecule has 7 nitrogen and oxygen atoms in total. The zero-order valence-corrected chi connectivity index (χ0v) is 21.7. The standard InChI is InChI=1S/C22H24F6N2O5S2/c1-13(2)36(32,33)17-11-15(22(26,27)28)12-30-18(17)19(31)29-9-8-20(3,4)37(34,35)16-7-5-6-14(10-16)21(23,24)25/h5-7,10-13H,8-9H2,1-4H3,(H,29,31). The zero-order chi connectivity index (χ0) is 28.6. The van der Waals surface area contributed by atoms with Gasteiger partial charge in [0.1, 0.15) is 5.69 Å². The van der Waals surface area contributed by atoms with E-state index in [1.54, 1.807) is 0 Å². The second-order valence-electron chi connectivity index (χ2n) is 8.96. The van der Waals surface area contributed by atoms with E-state index in [4.69, 9.17) is 0 Å². The van der Waals surface area contributed by atoms with Gasteiger partial charge in [-0.15, -0.1) is 0 Å². The van der Waals surface area contributed by atoms with Gasteiger partial charge in [-0.2, -0.15) is 26.3 Å². The monoisotopic (exact) mass is 574 g/mol. The first-order chi connectivity index (χ1) is 16.6. The van der Waals surface area contributed by atoms with Gasteiger partial charge in [-0.1, -0.05) is 6.07 Å². The zero-order valence-electron chi connectivity index (χ0n) is 20.0. The van der Waals surface area contributed by atoms with Gasteiger partial charge >= 0.3 is 12.4 Å². The number of pyridine rings is 1. The van der Waals surface area contributed by atoms with Crippen molar-refractivity contribution in [2.24, 2.45) is 0 Å². The first-order valence-electron chi connectivity index (χ1n) is 10.6. The number of amides is 1. The predicted molar refractivity (Wildman–Crippen MR) is 121 cm³/mol. The Bertz CT molecular complexity index is 1380. The van der Waals surface area contributed by atoms with Crippen molar-refractivity contribution < 1.29 is 48.0 Å². The number of alkyl halides is 6. The number of carbonyl (C=O) groups excluding carboxylic acids is 1. The number of rotatable bonds is 8. The van der Waals surface area contributed by atoms with E-state index in [0.717, 1.165) is 12.1 Å². The predicted octanol–water partition coefficient (Wildman–Crippen LogP) is 4.67. The van der Waals surface area contributed by atoms with Crippen LogP contribution in [0.4, 0.5) is 26.3 Å². The summed E-state index contributed by atoms with van der Waals surface area (Å²) in [4.78, 5) is 14.5. The highest BCUT2D eigenvalue weighted by Gasteiger charge is 2.39. The molecular weight excluding hydrogens is 550 g/mol. The van der Waals surface area contributed by atoms with Crippen LogP contribution in [0.25, 0.3) is 0 Å². The van der Waals surface area contributed by atoms with E-state index in [1.807, 2.05) is 0 Å². The molecule has 1 aromatic heterocycles. The molecule has 0 fully saturated rings. The van der Waals surface area contributed by atoms with E-state index >= 15 is 0 Å². The van der Waals surface area contributed by atoms with E-state index in [1.165, 1.54) is 27.7 Å². The molecule has 15 heteroatoms. The van der Waals surface area contributed by atoms with Gasteiger partial charge in [-0.25, -0.2) is 21.8 Å². The van der Waals surface area contributed by atoms with Crippen molar-refractivity contribution in [3.05, 3.63) is 53.3 Å². The van der Waals surface area contributed by atoms with Crippen LogP contribution in [0.1, 0.15) is 55.7 Å². The van der Waals surface area contributed by atoms with Crippen LogP contribution in [0.3, 0.4) is 0 Å². The number of aromatic nitrogens is 1. The van der Waals surface area contributed by atoms with Crippen LogP contribution < -0.4 is 5.32 Å². The number of nitrogens with one attached hydrogen (secondary N) is 1. The highest BCUT2D eigenvalue weighted by molar-refractivity contribution is 7.92. The fraction of sp³-hybridized carbons (Fsp3) is 0.455. The maximum atomic E-state index is 13.1. The maximum absolute atomic E-state index is 13.1. The molecule has 2 aromatic rings. The van der Waals surface area contributed by atoms with Crippen molar-refractivity contribution in [2.45, 2.75) is 66.3 Å². The van der Waals surface area contributed by atoms with Crippen LogP contribution in [0.2, 0.25) is 0 Å². The summed E-state index contributed by atoms with van der Waals surface area (Å²) in [6.07, 6.45) is -9.72. The number of hydrogen-bond acceptors (Lipinski definition) is 6. The third-order valence-electron chi connectivity index (χ3n) is 5.53. The molecule has 0 spiro atoms. The Morgan fingerprint density at radius 3 is 2.03 bits per heavy atom. The van der Waals surface area contributed by atoms with Crippen LogP contribution in [0, 0.1) is 0 Å². The van der Waals surface area contributed by atoms with Crippen LogP contribution >= 0.6 is 0 Å². The summed E-state index contributed by atoms with van der Waals surface area (Å²) in [5.74, 6) is -1.17. The van der Waals surface area contributed by atoms with Gasteiger partial charge in [-0.05, 0) is 58.4 Å². The van der Waals surface area contributed by atoms with Crippen molar-refractivity contribution >= 4 is 25.6 Å². The normalized spacial score (nSPS) is 13.6. The topological polar surface area (TPSA) is 110 Å². The Morgan fingerprint density at radius 1 is 0.946 bits per heavy atom. The molecule has 0 saturated heterocycles. The Balaban J connectivity index is 2.30. The van der Waals surface area contributed by atoms with Crippen LogP contribution in [-0.4, -0.2) is 44.3 Å². The van der Waals surface area contributed by atoms with Crippen LogP contribution in [-0.2, 0) is 32.0 Å². The summed E-state index contributed by atoms with van der Waals surface area (Å²) in [5.41, 5.74) is -3.35. The summed E-state index contributed by atoms with van der Waals surface area (Å²) in [5, 5.41) is 1.05. The number of benzene rings is 1. The minimum atomic E-state index is -4.93. The van der Waals surface area contributed by atoms with E-state index in [2.05, 4.69) is 10.3 Å². The lowest BCUT2D eigenvalue weighted by molar-refractivity contribution is -0.138. The molecule has 0 aliphatic carbocycles. The van der Waals surface area contributed by atoms with Crippen molar-refractivity contribution in [3.8, 4) is 0 Å². The fourth-order valence-electron chi connectivity index (χ4n) is 3.09. The summed E-state index contributed by atoms with van der Waals surface area (Å²) >= 11 is 0. The van der Waals surface area contributed by atoms with Gasteiger partial charge in [0.15, 0.2) is 19.7 Å². The highest BCUT2D eigenvalue weighted by atomic mass is 32.2. The van der Waals surface area contributed by atoms with Crippen molar-refractivity contribution in [2.75, 3.05) is 6.54 Å². The SMILES string of the molecule is CC(C)S(=O)(=O)c1cc(C(F)(F)F)cnc1C(=O)NCCC(C)(C)S(=O)(=O)c1cccc(C(F)(F)F)c1. The van der Waals surface area contributed by atoms with E-state index in [-0.39, 0.29) is 6.42 Å². The first kappa shape index (κ1) is 30.5. The molecule has 37 heavy (non-hydrogen) atoms. The minimum Gasteiger partial charge on any atom is -0.351 e. The van der Waals surface area contributed by atoms with Crippen molar-refractivity contribution in [1.29, 1.82) is 0 Å². The molecule has 206 valence electrons. The van der Waals surface area contributed by atoms with Crippen LogP contribution in [0.5, 0.6) is 0 Å². The van der Waals surface area contributed by atoms with E-state index in [0.29, 0.717) is 24.4 Å². The summed E-state index contributed by atoms with van der Waals surface area (Å²) in [6, 6.07) is 3.46. The van der Waals surface area contributed by atoms with Crippen molar-refractivity contribution in [3.63, 3.8) is 0 Å². The molecule has 0 atom stereocenters. The number of nitrogens with zero attached hydrogens (tertiary/aromatic N) is 1. The van der Waals surface area contributed by atoms with E-state index < -0.39 is 81.1 Å². The van der Waals surface area contributed by atoms with Crippen LogP contribution in [0.15, 0.2) is 46.3 Å². The van der Waals surface area contributed by atoms with Gasteiger partial charge in [0.05, 0.1) is 30.9 Å². The van der Waals surface area contributed by atoms with Gasteiger partial charge < -0.3 is 5.32 Å². The Hall–Kier alpha value is -2.68. The highest BCUT2D eigenvalue weighted by Crippen LogP contribution is 2.34. The lowest BCUT2D eigenvalue weighted by Gasteiger charge is -2.25. The summed E-state index contributed by atoms with van der Waals surface area (Å²) < 4.78 is 128. The Morgan fingerprint density at radius 2 is 1.51 bits per heavy atom. The molecule has 1 amide bonds. The maximum Gasteiger partial charge on any atom is 0.417 e. The van der Waals surface area contributed by atoms with E-state index in [9.17, 15) is 48.0 Å². The Kier molecular flexibility index (Phi) is 8.45. The molecule has 0 radical (unpaired) electrons. The number of carbonyl (C=O) groups is 1. The Labute approximate surface area is 210 Å². The molecule has 2 rings (SSSR count). The van der Waals surface area contributed by atoms with Gasteiger partial charge in [0, 0.05) is 12.7 Å². The molecule has 0 aliphatic rings. The summed E-state index contributed by atoms with van der Waals surface area (Å²) in [6.45, 7) is 4.45. The van der Waals surface area contributed by atoms with Crippen molar-refractivity contribution in [1.82, 2.24) is 10.3 Å². The molecule has 0 unspecified atom stereocenters. The minimum absolute atomic E-state index is 0.302. The quantitative estimate of drug-likeness (QED) is 0.459. The molecular formula is C22H24F6N2O5S2. The average Bonchev–Trinajstić information content (AvgIpc) is 2.77. The lowest BCUT2D eigenvalue weighted by atomic mass is 10.1.